The van der Waals surface area contributed by atoms with Crippen LogP contribution in [0.1, 0.15) is 36.5 Å². The molecular weight excluding hydrogens is 296 g/mol. The maximum atomic E-state index is 12.2. The Morgan fingerprint density at radius 2 is 2.10 bits per heavy atom. The Hall–Kier alpha value is -1.45. The highest BCUT2D eigenvalue weighted by atomic mass is 32.2. The van der Waals surface area contributed by atoms with Crippen molar-refractivity contribution in [1.82, 2.24) is 19.8 Å². The summed E-state index contributed by atoms with van der Waals surface area (Å²) in [4.78, 5) is 12.8. The first-order valence-electron chi connectivity index (χ1n) is 6.65. The standard InChI is InChI=1S/C12H22N4O4S/c1-8(2)16(4)7-5-6-13-21(19,20)11-9(3)14-15-10(11)12(17)18/h8,13H,5-7H2,1-4H3,(H,14,15)(H,17,18). The maximum absolute atomic E-state index is 12.2. The van der Waals surface area contributed by atoms with E-state index in [1.165, 1.54) is 6.92 Å². The summed E-state index contributed by atoms with van der Waals surface area (Å²) in [5.74, 6) is -1.38. The Kier molecular flexibility index (Phi) is 5.87. The maximum Gasteiger partial charge on any atom is 0.357 e. The highest BCUT2D eigenvalue weighted by Gasteiger charge is 2.27. The zero-order valence-electron chi connectivity index (χ0n) is 12.7. The van der Waals surface area contributed by atoms with Crippen molar-refractivity contribution in [1.29, 1.82) is 0 Å². The van der Waals surface area contributed by atoms with Crippen LogP contribution in [0.25, 0.3) is 0 Å². The molecule has 3 N–H and O–H groups in total. The molecule has 0 unspecified atom stereocenters. The van der Waals surface area contributed by atoms with Gasteiger partial charge in [-0.2, -0.15) is 5.10 Å². The van der Waals surface area contributed by atoms with Crippen LogP contribution in [0.5, 0.6) is 0 Å². The van der Waals surface area contributed by atoms with E-state index in [1.54, 1.807) is 0 Å². The van der Waals surface area contributed by atoms with Crippen LogP contribution in [0, 0.1) is 6.92 Å². The van der Waals surface area contributed by atoms with Gasteiger partial charge < -0.3 is 10.0 Å². The van der Waals surface area contributed by atoms with Crippen molar-refractivity contribution in [3.63, 3.8) is 0 Å². The number of sulfonamides is 1. The number of carboxylic acids is 1. The summed E-state index contributed by atoms with van der Waals surface area (Å²) in [5.41, 5.74) is -0.279. The average molecular weight is 318 g/mol. The minimum Gasteiger partial charge on any atom is -0.476 e. The second kappa shape index (κ2) is 7.01. The van der Waals surface area contributed by atoms with Crippen molar-refractivity contribution in [2.45, 2.75) is 38.1 Å². The largest absolute Gasteiger partial charge is 0.476 e. The zero-order valence-corrected chi connectivity index (χ0v) is 13.5. The predicted octanol–water partition coefficient (Wildman–Crippen LogP) is 0.425. The molecule has 1 heterocycles. The highest BCUT2D eigenvalue weighted by molar-refractivity contribution is 7.89. The van der Waals surface area contributed by atoms with Gasteiger partial charge in [0.05, 0.1) is 5.69 Å². The van der Waals surface area contributed by atoms with E-state index in [0.29, 0.717) is 12.5 Å². The zero-order chi connectivity index (χ0) is 16.2. The lowest BCUT2D eigenvalue weighted by Gasteiger charge is -2.20. The fourth-order valence-electron chi connectivity index (χ4n) is 1.76. The molecule has 0 atom stereocenters. The van der Waals surface area contributed by atoms with Gasteiger partial charge in [-0.15, -0.1) is 0 Å². The number of hydrogen-bond acceptors (Lipinski definition) is 5. The number of aromatic carboxylic acids is 1. The van der Waals surface area contributed by atoms with Crippen molar-refractivity contribution >= 4 is 16.0 Å². The molecular formula is C12H22N4O4S. The second-order valence-corrected chi connectivity index (χ2v) is 6.86. The molecule has 1 rings (SSSR count). The summed E-state index contributed by atoms with van der Waals surface area (Å²) in [6, 6.07) is 0.385. The van der Waals surface area contributed by atoms with E-state index < -0.39 is 21.7 Å². The smallest absolute Gasteiger partial charge is 0.357 e. The van der Waals surface area contributed by atoms with E-state index in [-0.39, 0.29) is 17.1 Å². The Morgan fingerprint density at radius 3 is 2.62 bits per heavy atom. The second-order valence-electron chi connectivity index (χ2n) is 5.16. The van der Waals surface area contributed by atoms with Gasteiger partial charge in [0.15, 0.2) is 5.69 Å². The van der Waals surface area contributed by atoms with E-state index >= 15 is 0 Å². The summed E-state index contributed by atoms with van der Waals surface area (Å²) < 4.78 is 26.8. The molecule has 21 heavy (non-hydrogen) atoms. The van der Waals surface area contributed by atoms with Crippen LogP contribution in [-0.2, 0) is 10.0 Å². The molecule has 1 aromatic rings. The van der Waals surface area contributed by atoms with Crippen molar-refractivity contribution in [2.24, 2.45) is 0 Å². The molecule has 0 saturated carbocycles. The van der Waals surface area contributed by atoms with Crippen LogP contribution in [0.3, 0.4) is 0 Å². The molecule has 0 aliphatic heterocycles. The third-order valence-electron chi connectivity index (χ3n) is 3.22. The van der Waals surface area contributed by atoms with Gasteiger partial charge in [-0.05, 0) is 40.8 Å². The van der Waals surface area contributed by atoms with Gasteiger partial charge in [0.25, 0.3) is 0 Å². The van der Waals surface area contributed by atoms with Gasteiger partial charge in [0.1, 0.15) is 4.90 Å². The van der Waals surface area contributed by atoms with Gasteiger partial charge >= 0.3 is 5.97 Å². The summed E-state index contributed by atoms with van der Waals surface area (Å²) in [7, 11) is -1.92. The number of aromatic nitrogens is 2. The summed E-state index contributed by atoms with van der Waals surface area (Å²) in [6.07, 6.45) is 0.632. The average Bonchev–Trinajstić information content (AvgIpc) is 2.77. The van der Waals surface area contributed by atoms with Crippen LogP contribution in [0.2, 0.25) is 0 Å². The summed E-state index contributed by atoms with van der Waals surface area (Å²) >= 11 is 0. The lowest BCUT2D eigenvalue weighted by molar-refractivity contribution is 0.0686. The molecule has 0 radical (unpaired) electrons. The molecule has 1 aromatic heterocycles. The van der Waals surface area contributed by atoms with Crippen LogP contribution < -0.4 is 4.72 Å². The Morgan fingerprint density at radius 1 is 1.48 bits per heavy atom. The van der Waals surface area contributed by atoms with Gasteiger partial charge in [-0.1, -0.05) is 0 Å². The molecule has 0 aliphatic rings. The summed E-state index contributed by atoms with van der Waals surface area (Å²) in [5, 5.41) is 14.9. The van der Waals surface area contributed by atoms with E-state index in [9.17, 15) is 13.2 Å². The molecule has 0 spiro atoms. The number of aromatic amines is 1. The van der Waals surface area contributed by atoms with Gasteiger partial charge in [-0.25, -0.2) is 17.9 Å². The van der Waals surface area contributed by atoms with Crippen molar-refractivity contribution in [2.75, 3.05) is 20.1 Å². The van der Waals surface area contributed by atoms with E-state index in [2.05, 4.69) is 33.7 Å². The van der Waals surface area contributed by atoms with Gasteiger partial charge in [-0.3, -0.25) is 5.10 Å². The van der Waals surface area contributed by atoms with E-state index in [4.69, 9.17) is 5.11 Å². The third-order valence-corrected chi connectivity index (χ3v) is 4.84. The first-order valence-corrected chi connectivity index (χ1v) is 8.13. The first kappa shape index (κ1) is 17.6. The number of nitrogens with zero attached hydrogens (tertiary/aromatic N) is 2. The van der Waals surface area contributed by atoms with Crippen LogP contribution in [0.15, 0.2) is 4.90 Å². The minimum atomic E-state index is -3.88. The molecule has 9 heteroatoms. The number of aryl methyl sites for hydroxylation is 1. The highest BCUT2D eigenvalue weighted by Crippen LogP contribution is 2.17. The number of H-pyrrole nitrogens is 1. The fourth-order valence-corrected chi connectivity index (χ4v) is 3.15. The van der Waals surface area contributed by atoms with E-state index in [0.717, 1.165) is 6.54 Å². The van der Waals surface area contributed by atoms with Crippen molar-refractivity contribution in [3.8, 4) is 0 Å². The number of nitrogens with one attached hydrogen (secondary N) is 2. The van der Waals surface area contributed by atoms with Crippen molar-refractivity contribution in [3.05, 3.63) is 11.4 Å². The SMILES string of the molecule is Cc1[nH]nc(C(=O)O)c1S(=O)(=O)NCCCN(C)C(C)C. The number of carboxylic acid groups (broad SMARTS) is 1. The molecule has 0 bridgehead atoms. The molecule has 0 aromatic carbocycles. The summed E-state index contributed by atoms with van der Waals surface area (Å²) in [6.45, 7) is 6.57. The van der Waals surface area contributed by atoms with E-state index in [1.807, 2.05) is 7.05 Å². The number of hydrogen-bond donors (Lipinski definition) is 3. The fraction of sp³-hybridized carbons (Fsp3) is 0.667. The Labute approximate surface area is 124 Å². The quantitative estimate of drug-likeness (QED) is 0.599. The van der Waals surface area contributed by atoms with Crippen LogP contribution in [0.4, 0.5) is 0 Å². The van der Waals surface area contributed by atoms with Crippen LogP contribution in [-0.4, -0.2) is 60.8 Å². The minimum absolute atomic E-state index is 0.208. The van der Waals surface area contributed by atoms with Crippen molar-refractivity contribution < 1.29 is 18.3 Å². The molecule has 0 aliphatic carbocycles. The topological polar surface area (TPSA) is 115 Å². The Balaban J connectivity index is 2.71. The monoisotopic (exact) mass is 318 g/mol. The third kappa shape index (κ3) is 4.51. The Bertz CT molecular complexity index is 594. The van der Waals surface area contributed by atoms with Gasteiger partial charge in [0, 0.05) is 12.6 Å². The number of rotatable bonds is 8. The lowest BCUT2D eigenvalue weighted by atomic mass is 10.3. The van der Waals surface area contributed by atoms with Crippen LogP contribution >= 0.6 is 0 Å². The number of carbonyl (C=O) groups is 1. The molecule has 0 fully saturated rings. The first-order chi connectivity index (χ1) is 9.66. The molecule has 120 valence electrons. The molecule has 8 nitrogen and oxygen atoms in total. The predicted molar refractivity (Wildman–Crippen MR) is 77.9 cm³/mol. The molecule has 0 amide bonds. The molecule has 0 saturated heterocycles. The lowest BCUT2D eigenvalue weighted by Crippen LogP contribution is -2.32. The normalized spacial score (nSPS) is 12.3. The van der Waals surface area contributed by atoms with Gasteiger partial charge in [0.2, 0.25) is 10.0 Å².